The van der Waals surface area contributed by atoms with Crippen LogP contribution in [0.25, 0.3) is 0 Å². The van der Waals surface area contributed by atoms with Gasteiger partial charge in [-0.1, -0.05) is 0 Å². The minimum Gasteiger partial charge on any atom is -0.303 e. The van der Waals surface area contributed by atoms with Crippen molar-refractivity contribution in [2.24, 2.45) is 0 Å². The van der Waals surface area contributed by atoms with Gasteiger partial charge in [-0.05, 0) is 0 Å². The molecule has 0 amide bonds. The molecule has 0 bridgehead atoms. The second kappa shape index (κ2) is 3.25. The quantitative estimate of drug-likeness (QED) is 0.500. The van der Waals surface area contributed by atoms with Crippen LogP contribution in [0.3, 0.4) is 0 Å². The van der Waals surface area contributed by atoms with E-state index in [0.717, 1.165) is 0 Å². The van der Waals surface area contributed by atoms with Gasteiger partial charge in [-0.2, -0.15) is 4.39 Å². The first-order valence-electron chi connectivity index (χ1n) is 3.10. The van der Waals surface area contributed by atoms with Crippen LogP contribution in [-0.4, -0.2) is 29.1 Å². The molecule has 0 saturated carbocycles. The second-order valence-electron chi connectivity index (χ2n) is 2.23. The standard InChI is InChI=1S/C6H9FN4/c1-11(2)10-6-3-5(7)8-4-9-6/h3-4H,1-2H3,(H,8,9,10). The van der Waals surface area contributed by atoms with Gasteiger partial charge in [-0.15, -0.1) is 0 Å². The topological polar surface area (TPSA) is 41.0 Å². The number of aromatic nitrogens is 2. The predicted octanol–water partition coefficient (Wildman–Crippen LogP) is 0.504. The van der Waals surface area contributed by atoms with Crippen molar-refractivity contribution in [1.82, 2.24) is 15.0 Å². The van der Waals surface area contributed by atoms with E-state index >= 15 is 0 Å². The maximum atomic E-state index is 12.4. The second-order valence-corrected chi connectivity index (χ2v) is 2.23. The fourth-order valence-corrected chi connectivity index (χ4v) is 0.624. The molecule has 4 nitrogen and oxygen atoms in total. The first-order chi connectivity index (χ1) is 5.18. The molecule has 1 heterocycles. The largest absolute Gasteiger partial charge is 0.303 e. The molecule has 0 aromatic carbocycles. The van der Waals surface area contributed by atoms with Crippen LogP contribution in [0.5, 0.6) is 0 Å². The summed E-state index contributed by atoms with van der Waals surface area (Å²) in [6, 6.07) is 1.22. The molecule has 0 fully saturated rings. The summed E-state index contributed by atoms with van der Waals surface area (Å²) in [7, 11) is 3.58. The first-order valence-corrected chi connectivity index (χ1v) is 3.10. The molecule has 1 N–H and O–H groups in total. The van der Waals surface area contributed by atoms with E-state index in [1.54, 1.807) is 19.1 Å². The highest BCUT2D eigenvalue weighted by Crippen LogP contribution is 2.01. The molecular formula is C6H9FN4. The Labute approximate surface area is 64.0 Å². The zero-order chi connectivity index (χ0) is 8.27. The van der Waals surface area contributed by atoms with Crippen LogP contribution in [0.2, 0.25) is 0 Å². The molecular weight excluding hydrogens is 147 g/mol. The third-order valence-corrected chi connectivity index (χ3v) is 0.972. The van der Waals surface area contributed by atoms with Crippen molar-refractivity contribution in [2.45, 2.75) is 0 Å². The Morgan fingerprint density at radius 2 is 2.18 bits per heavy atom. The Morgan fingerprint density at radius 1 is 1.45 bits per heavy atom. The van der Waals surface area contributed by atoms with Gasteiger partial charge < -0.3 is 5.43 Å². The first kappa shape index (κ1) is 7.87. The van der Waals surface area contributed by atoms with E-state index < -0.39 is 5.95 Å². The van der Waals surface area contributed by atoms with Crippen molar-refractivity contribution in [3.05, 3.63) is 18.3 Å². The van der Waals surface area contributed by atoms with Crippen molar-refractivity contribution in [1.29, 1.82) is 0 Å². The van der Waals surface area contributed by atoms with Crippen LogP contribution >= 0.6 is 0 Å². The Kier molecular flexibility index (Phi) is 2.32. The van der Waals surface area contributed by atoms with Crippen LogP contribution in [0.1, 0.15) is 0 Å². The molecule has 1 rings (SSSR count). The number of hydrogen-bond acceptors (Lipinski definition) is 4. The summed E-state index contributed by atoms with van der Waals surface area (Å²) in [4.78, 5) is 7.09. The van der Waals surface area contributed by atoms with Crippen LogP contribution in [0, 0.1) is 5.95 Å². The maximum Gasteiger partial charge on any atom is 0.218 e. The Bertz CT molecular complexity index is 238. The zero-order valence-electron chi connectivity index (χ0n) is 6.37. The molecule has 0 saturated heterocycles. The van der Waals surface area contributed by atoms with Gasteiger partial charge in [0.2, 0.25) is 5.95 Å². The molecule has 11 heavy (non-hydrogen) atoms. The molecule has 0 radical (unpaired) electrons. The average molecular weight is 156 g/mol. The lowest BCUT2D eigenvalue weighted by Crippen LogP contribution is -2.20. The summed E-state index contributed by atoms with van der Waals surface area (Å²) in [6.07, 6.45) is 1.17. The minimum absolute atomic E-state index is 0.447. The summed E-state index contributed by atoms with van der Waals surface area (Å²) in [5.41, 5.74) is 2.79. The van der Waals surface area contributed by atoms with Crippen molar-refractivity contribution >= 4 is 5.82 Å². The van der Waals surface area contributed by atoms with Gasteiger partial charge in [0.15, 0.2) is 0 Å². The summed E-state index contributed by atoms with van der Waals surface area (Å²) < 4.78 is 12.4. The van der Waals surface area contributed by atoms with Crippen molar-refractivity contribution in [3.63, 3.8) is 0 Å². The van der Waals surface area contributed by atoms with Crippen LogP contribution in [0.15, 0.2) is 12.4 Å². The number of halogens is 1. The van der Waals surface area contributed by atoms with E-state index in [0.29, 0.717) is 5.82 Å². The van der Waals surface area contributed by atoms with Gasteiger partial charge in [0, 0.05) is 20.2 Å². The maximum absolute atomic E-state index is 12.4. The average Bonchev–Trinajstić information content (AvgIpc) is 1.85. The zero-order valence-corrected chi connectivity index (χ0v) is 6.37. The van der Waals surface area contributed by atoms with Gasteiger partial charge in [0.05, 0.1) is 0 Å². The molecule has 1 aromatic rings. The SMILES string of the molecule is CN(C)Nc1cc(F)ncn1. The third kappa shape index (κ3) is 2.46. The van der Waals surface area contributed by atoms with E-state index in [2.05, 4.69) is 15.4 Å². The number of nitrogens with zero attached hydrogens (tertiary/aromatic N) is 3. The van der Waals surface area contributed by atoms with Gasteiger partial charge in [0.25, 0.3) is 0 Å². The van der Waals surface area contributed by atoms with E-state index in [4.69, 9.17) is 0 Å². The fourth-order valence-electron chi connectivity index (χ4n) is 0.624. The number of hydrogen-bond donors (Lipinski definition) is 1. The Morgan fingerprint density at radius 3 is 2.73 bits per heavy atom. The van der Waals surface area contributed by atoms with Crippen LogP contribution in [-0.2, 0) is 0 Å². The minimum atomic E-state index is -0.538. The summed E-state index contributed by atoms with van der Waals surface area (Å²) in [6.45, 7) is 0. The highest BCUT2D eigenvalue weighted by molar-refractivity contribution is 5.30. The molecule has 0 aliphatic heterocycles. The Hall–Kier alpha value is -1.23. The smallest absolute Gasteiger partial charge is 0.218 e. The molecule has 0 aliphatic carbocycles. The van der Waals surface area contributed by atoms with E-state index in [9.17, 15) is 4.39 Å². The molecule has 1 aromatic heterocycles. The summed E-state index contributed by atoms with van der Waals surface area (Å²) >= 11 is 0. The molecule has 5 heteroatoms. The van der Waals surface area contributed by atoms with Crippen LogP contribution < -0.4 is 5.43 Å². The normalized spacial score (nSPS) is 10.2. The van der Waals surface area contributed by atoms with Gasteiger partial charge >= 0.3 is 0 Å². The van der Waals surface area contributed by atoms with Gasteiger partial charge in [0.1, 0.15) is 12.1 Å². The van der Waals surface area contributed by atoms with Crippen molar-refractivity contribution in [3.8, 4) is 0 Å². The molecule has 0 aliphatic rings. The van der Waals surface area contributed by atoms with E-state index in [-0.39, 0.29) is 0 Å². The fraction of sp³-hybridized carbons (Fsp3) is 0.333. The lowest BCUT2D eigenvalue weighted by molar-refractivity contribution is 0.489. The summed E-state index contributed by atoms with van der Waals surface area (Å²) in [5, 5.41) is 1.67. The molecule has 60 valence electrons. The highest BCUT2D eigenvalue weighted by atomic mass is 19.1. The lowest BCUT2D eigenvalue weighted by Gasteiger charge is -2.11. The van der Waals surface area contributed by atoms with Crippen molar-refractivity contribution < 1.29 is 4.39 Å². The van der Waals surface area contributed by atoms with E-state index in [1.807, 2.05) is 0 Å². The summed E-state index contributed by atoms with van der Waals surface area (Å²) in [5.74, 6) is -0.0909. The molecule has 0 unspecified atom stereocenters. The predicted molar refractivity (Wildman–Crippen MR) is 39.3 cm³/mol. The monoisotopic (exact) mass is 156 g/mol. The van der Waals surface area contributed by atoms with Crippen molar-refractivity contribution in [2.75, 3.05) is 19.5 Å². The Balaban J connectivity index is 2.71. The number of nitrogens with one attached hydrogen (secondary N) is 1. The van der Waals surface area contributed by atoms with Gasteiger partial charge in [-0.3, -0.25) is 0 Å². The number of anilines is 1. The van der Waals surface area contributed by atoms with Gasteiger partial charge in [-0.25, -0.2) is 15.0 Å². The number of rotatable bonds is 2. The molecule has 0 atom stereocenters. The van der Waals surface area contributed by atoms with E-state index in [1.165, 1.54) is 12.4 Å². The lowest BCUT2D eigenvalue weighted by atomic mass is 10.6. The highest BCUT2D eigenvalue weighted by Gasteiger charge is 1.96. The van der Waals surface area contributed by atoms with Crippen LogP contribution in [0.4, 0.5) is 10.2 Å². The molecule has 0 spiro atoms. The number of hydrazine groups is 1. The third-order valence-electron chi connectivity index (χ3n) is 0.972.